The van der Waals surface area contributed by atoms with E-state index in [4.69, 9.17) is 4.42 Å². The van der Waals surface area contributed by atoms with Crippen molar-refractivity contribution in [2.45, 2.75) is 12.3 Å². The molecule has 260 valence electrons. The molecule has 0 saturated carbocycles. The third-order valence-electron chi connectivity index (χ3n) is 11.3. The Morgan fingerprint density at radius 2 is 1.20 bits per heavy atom. The molecular formula is C52H36N2O. The minimum atomic E-state index is 0.203. The highest BCUT2D eigenvalue weighted by Gasteiger charge is 2.25. The van der Waals surface area contributed by atoms with E-state index in [1.807, 2.05) is 12.1 Å². The predicted molar refractivity (Wildman–Crippen MR) is 230 cm³/mol. The lowest BCUT2D eigenvalue weighted by atomic mass is 9.87. The number of rotatable bonds is 6. The molecule has 0 radical (unpaired) electrons. The van der Waals surface area contributed by atoms with E-state index in [2.05, 4.69) is 198 Å². The van der Waals surface area contributed by atoms with Crippen LogP contribution in [-0.2, 0) is 6.42 Å². The zero-order valence-electron chi connectivity index (χ0n) is 30.1. The van der Waals surface area contributed by atoms with Gasteiger partial charge in [-0.1, -0.05) is 140 Å². The van der Waals surface area contributed by atoms with Crippen molar-refractivity contribution in [1.82, 2.24) is 4.57 Å². The minimum Gasteiger partial charge on any atom is -0.456 e. The van der Waals surface area contributed by atoms with Gasteiger partial charge in [0.05, 0.1) is 11.2 Å². The molecule has 3 nitrogen and oxygen atoms in total. The molecule has 55 heavy (non-hydrogen) atoms. The van der Waals surface area contributed by atoms with Crippen LogP contribution in [0.2, 0.25) is 0 Å². The molecule has 11 rings (SSSR count). The highest BCUT2D eigenvalue weighted by Crippen LogP contribution is 2.44. The van der Waals surface area contributed by atoms with Crippen LogP contribution in [0.25, 0.3) is 66.5 Å². The molecule has 1 unspecified atom stereocenters. The molecule has 2 heterocycles. The van der Waals surface area contributed by atoms with Crippen LogP contribution in [0.3, 0.4) is 0 Å². The number of para-hydroxylation sites is 2. The number of benzene rings is 8. The van der Waals surface area contributed by atoms with E-state index in [-0.39, 0.29) is 5.92 Å². The maximum absolute atomic E-state index is 6.26. The Labute approximate surface area is 319 Å². The summed E-state index contributed by atoms with van der Waals surface area (Å²) in [6.45, 7) is 0. The summed E-state index contributed by atoms with van der Waals surface area (Å²) < 4.78 is 8.74. The smallest absolute Gasteiger partial charge is 0.135 e. The van der Waals surface area contributed by atoms with Gasteiger partial charge in [0.15, 0.2) is 0 Å². The number of nitrogens with zero attached hydrogens (tertiary/aromatic N) is 2. The van der Waals surface area contributed by atoms with Crippen LogP contribution < -0.4 is 4.90 Å². The van der Waals surface area contributed by atoms with Crippen LogP contribution >= 0.6 is 0 Å². The first-order valence-electron chi connectivity index (χ1n) is 19.0. The first-order valence-corrected chi connectivity index (χ1v) is 19.0. The molecule has 3 heteroatoms. The number of hydrogen-bond donors (Lipinski definition) is 0. The molecule has 0 amide bonds. The van der Waals surface area contributed by atoms with Gasteiger partial charge in [0, 0.05) is 55.8 Å². The van der Waals surface area contributed by atoms with Gasteiger partial charge < -0.3 is 13.9 Å². The second kappa shape index (κ2) is 12.8. The van der Waals surface area contributed by atoms with E-state index >= 15 is 0 Å². The van der Waals surface area contributed by atoms with Crippen molar-refractivity contribution in [2.75, 3.05) is 4.90 Å². The van der Waals surface area contributed by atoms with Crippen molar-refractivity contribution in [1.29, 1.82) is 0 Å². The van der Waals surface area contributed by atoms with E-state index < -0.39 is 0 Å². The van der Waals surface area contributed by atoms with Crippen molar-refractivity contribution in [3.8, 4) is 16.8 Å². The van der Waals surface area contributed by atoms with Crippen LogP contribution in [0.15, 0.2) is 199 Å². The Balaban J connectivity index is 1.02. The van der Waals surface area contributed by atoms with Gasteiger partial charge in [-0.3, -0.25) is 0 Å². The molecule has 1 aliphatic rings. The first kappa shape index (κ1) is 31.4. The summed E-state index contributed by atoms with van der Waals surface area (Å²) >= 11 is 0. The average Bonchev–Trinajstić information content (AvgIpc) is 3.79. The average molecular weight is 705 g/mol. The monoisotopic (exact) mass is 704 g/mol. The summed E-state index contributed by atoms with van der Waals surface area (Å²) in [7, 11) is 0. The number of hydrogen-bond acceptors (Lipinski definition) is 2. The van der Waals surface area contributed by atoms with Crippen molar-refractivity contribution in [3.05, 3.63) is 211 Å². The lowest BCUT2D eigenvalue weighted by molar-refractivity contribution is 0.669. The number of furan rings is 1. The van der Waals surface area contributed by atoms with E-state index in [1.54, 1.807) is 0 Å². The van der Waals surface area contributed by atoms with Crippen molar-refractivity contribution in [3.63, 3.8) is 0 Å². The Hall–Kier alpha value is -7.10. The Morgan fingerprint density at radius 1 is 0.509 bits per heavy atom. The van der Waals surface area contributed by atoms with Gasteiger partial charge in [0.25, 0.3) is 0 Å². The van der Waals surface area contributed by atoms with Gasteiger partial charge >= 0.3 is 0 Å². The maximum Gasteiger partial charge on any atom is 0.135 e. The molecule has 1 atom stereocenters. The fraction of sp³-hybridized carbons (Fsp3) is 0.0385. The Bertz CT molecular complexity index is 3070. The largest absolute Gasteiger partial charge is 0.456 e. The predicted octanol–water partition coefficient (Wildman–Crippen LogP) is 14.2. The van der Waals surface area contributed by atoms with Gasteiger partial charge in [-0.2, -0.15) is 0 Å². The van der Waals surface area contributed by atoms with Crippen LogP contribution in [0.5, 0.6) is 0 Å². The maximum atomic E-state index is 6.26. The van der Waals surface area contributed by atoms with Crippen LogP contribution in [0.4, 0.5) is 17.1 Å². The highest BCUT2D eigenvalue weighted by atomic mass is 16.3. The normalized spacial score (nSPS) is 13.9. The summed E-state index contributed by atoms with van der Waals surface area (Å²) in [6, 6.07) is 67.7. The van der Waals surface area contributed by atoms with E-state index in [1.165, 1.54) is 55.3 Å². The molecule has 0 saturated heterocycles. The zero-order chi connectivity index (χ0) is 36.3. The number of anilines is 3. The molecule has 0 aliphatic heterocycles. The third-order valence-corrected chi connectivity index (χ3v) is 11.3. The topological polar surface area (TPSA) is 21.3 Å². The van der Waals surface area contributed by atoms with Gasteiger partial charge in [0.2, 0.25) is 0 Å². The molecule has 0 N–H and O–H groups in total. The molecule has 10 aromatic rings. The van der Waals surface area contributed by atoms with E-state index in [0.717, 1.165) is 45.4 Å². The fourth-order valence-corrected chi connectivity index (χ4v) is 8.73. The molecule has 1 aliphatic carbocycles. The van der Waals surface area contributed by atoms with Crippen LogP contribution in [-0.4, -0.2) is 4.57 Å². The molecule has 0 bridgehead atoms. The van der Waals surface area contributed by atoms with Gasteiger partial charge in [0.1, 0.15) is 11.2 Å². The number of allylic oxidation sites excluding steroid dienone is 1. The third kappa shape index (κ3) is 5.27. The molecule has 0 spiro atoms. The van der Waals surface area contributed by atoms with E-state index in [9.17, 15) is 0 Å². The minimum absolute atomic E-state index is 0.203. The number of aromatic nitrogens is 1. The Kier molecular flexibility index (Phi) is 7.31. The van der Waals surface area contributed by atoms with Crippen LogP contribution in [0, 0.1) is 0 Å². The van der Waals surface area contributed by atoms with Crippen LogP contribution in [0.1, 0.15) is 22.7 Å². The van der Waals surface area contributed by atoms with Crippen molar-refractivity contribution < 1.29 is 4.42 Å². The second-order valence-electron chi connectivity index (χ2n) is 14.5. The summed E-state index contributed by atoms with van der Waals surface area (Å²) in [4.78, 5) is 2.41. The SMILES string of the molecule is C1=CC(c2cccc(N(c3ccc4oc5ccccc5c4c3)c3cccc4ccccc34)c2)Cc2c1c1ccccc1n2-c1ccc(-c2ccccc2)cc1. The summed E-state index contributed by atoms with van der Waals surface area (Å²) in [6.07, 6.45) is 5.65. The van der Waals surface area contributed by atoms with Crippen molar-refractivity contribution >= 4 is 66.8 Å². The molecule has 0 fully saturated rings. The lowest BCUT2D eigenvalue weighted by Gasteiger charge is -2.28. The van der Waals surface area contributed by atoms with Gasteiger partial charge in [-0.25, -0.2) is 0 Å². The molecule has 2 aromatic heterocycles. The number of fused-ring (bicyclic) bond motifs is 7. The lowest BCUT2D eigenvalue weighted by Crippen LogP contribution is -2.13. The summed E-state index contributed by atoms with van der Waals surface area (Å²) in [5, 5.41) is 5.94. The highest BCUT2D eigenvalue weighted by molar-refractivity contribution is 6.07. The zero-order valence-corrected chi connectivity index (χ0v) is 30.1. The fourth-order valence-electron chi connectivity index (χ4n) is 8.73. The quantitative estimate of drug-likeness (QED) is 0.172. The second-order valence-corrected chi connectivity index (χ2v) is 14.5. The first-order chi connectivity index (χ1) is 27.3. The van der Waals surface area contributed by atoms with Crippen molar-refractivity contribution in [2.24, 2.45) is 0 Å². The summed E-state index contributed by atoms with van der Waals surface area (Å²) in [5.41, 5.74) is 14.0. The van der Waals surface area contributed by atoms with Gasteiger partial charge in [-0.05, 0) is 89.2 Å². The Morgan fingerprint density at radius 3 is 2.09 bits per heavy atom. The molecule has 8 aromatic carbocycles. The standard InChI is InChI=1S/C52H36N2O/c1-2-12-35(13-3-1)36-24-27-40(28-25-36)54-49-21-8-6-19-44(49)45-30-26-39(33-50(45)54)38-16-10-17-41(32-38)53(48-22-11-15-37-14-4-5-18-43(37)48)42-29-31-52-47(34-42)46-20-7-9-23-51(46)55-52/h1-32,34,39H,33H2. The summed E-state index contributed by atoms with van der Waals surface area (Å²) in [5.74, 6) is 0.203. The van der Waals surface area contributed by atoms with Gasteiger partial charge in [-0.15, -0.1) is 0 Å². The molecular weight excluding hydrogens is 669 g/mol. The van der Waals surface area contributed by atoms with E-state index in [0.29, 0.717) is 0 Å².